The zero-order valence-corrected chi connectivity index (χ0v) is 8.97. The Kier molecular flexibility index (Phi) is 2.94. The molecule has 0 unspecified atom stereocenters. The van der Waals surface area contributed by atoms with Gasteiger partial charge in [-0.3, -0.25) is 4.79 Å². The predicted octanol–water partition coefficient (Wildman–Crippen LogP) is 3.20. The average Bonchev–Trinajstić information content (AvgIpc) is 2.07. The van der Waals surface area contributed by atoms with E-state index in [1.807, 2.05) is 6.08 Å². The Morgan fingerprint density at radius 2 is 2.23 bits per heavy atom. The van der Waals surface area contributed by atoms with E-state index in [1.54, 1.807) is 0 Å². The third-order valence-corrected chi connectivity index (χ3v) is 3.55. The molecule has 1 fully saturated rings. The van der Waals surface area contributed by atoms with Crippen LogP contribution in [0.1, 0.15) is 40.0 Å². The number of ketones is 1. The summed E-state index contributed by atoms with van der Waals surface area (Å²) >= 11 is 0. The number of rotatable bonds is 2. The lowest BCUT2D eigenvalue weighted by atomic mass is 9.62. The van der Waals surface area contributed by atoms with E-state index in [1.165, 1.54) is 0 Å². The average molecular weight is 180 g/mol. The Morgan fingerprint density at radius 1 is 1.62 bits per heavy atom. The molecule has 0 heterocycles. The molecule has 0 bridgehead atoms. The SMILES string of the molecule is C=CC[C@H]1[C@H](C)C(=O)CCC1(C)C. The minimum absolute atomic E-state index is 0.224. The number of hydrogen-bond donors (Lipinski definition) is 0. The third-order valence-electron chi connectivity index (χ3n) is 3.55. The molecular formula is C12H20O. The summed E-state index contributed by atoms with van der Waals surface area (Å²) in [6.07, 6.45) is 4.72. The van der Waals surface area contributed by atoms with E-state index < -0.39 is 0 Å². The van der Waals surface area contributed by atoms with Crippen molar-refractivity contribution >= 4 is 5.78 Å². The molecule has 0 aromatic heterocycles. The van der Waals surface area contributed by atoms with Crippen LogP contribution in [0.5, 0.6) is 0 Å². The van der Waals surface area contributed by atoms with E-state index in [0.717, 1.165) is 19.3 Å². The van der Waals surface area contributed by atoms with Gasteiger partial charge in [0.2, 0.25) is 0 Å². The summed E-state index contributed by atoms with van der Waals surface area (Å²) in [5.74, 6) is 1.15. The van der Waals surface area contributed by atoms with E-state index in [0.29, 0.717) is 17.1 Å². The quantitative estimate of drug-likeness (QED) is 0.596. The Balaban J connectivity index is 2.81. The number of carbonyl (C=O) groups is 1. The number of carbonyl (C=O) groups excluding carboxylic acids is 1. The number of Topliss-reactive ketones (excluding diaryl/α,β-unsaturated/α-hetero) is 1. The Bertz CT molecular complexity index is 215. The van der Waals surface area contributed by atoms with Gasteiger partial charge in [-0.05, 0) is 24.2 Å². The minimum atomic E-state index is 0.224. The summed E-state index contributed by atoms with van der Waals surface area (Å²) in [7, 11) is 0. The van der Waals surface area contributed by atoms with Gasteiger partial charge < -0.3 is 0 Å². The highest BCUT2D eigenvalue weighted by Crippen LogP contribution is 2.44. The number of hydrogen-bond acceptors (Lipinski definition) is 1. The normalized spacial score (nSPS) is 33.0. The van der Waals surface area contributed by atoms with Crippen molar-refractivity contribution in [2.24, 2.45) is 17.3 Å². The second kappa shape index (κ2) is 3.65. The lowest BCUT2D eigenvalue weighted by molar-refractivity contribution is -0.130. The second-order valence-corrected chi connectivity index (χ2v) is 4.87. The highest BCUT2D eigenvalue weighted by Gasteiger charge is 2.39. The van der Waals surface area contributed by atoms with Crippen molar-refractivity contribution < 1.29 is 4.79 Å². The first-order valence-electron chi connectivity index (χ1n) is 5.12. The van der Waals surface area contributed by atoms with E-state index in [2.05, 4.69) is 27.4 Å². The molecule has 13 heavy (non-hydrogen) atoms. The minimum Gasteiger partial charge on any atom is -0.299 e. The summed E-state index contributed by atoms with van der Waals surface area (Å²) < 4.78 is 0. The van der Waals surface area contributed by atoms with Crippen LogP contribution in [-0.2, 0) is 4.79 Å². The van der Waals surface area contributed by atoms with Crippen LogP contribution in [-0.4, -0.2) is 5.78 Å². The maximum absolute atomic E-state index is 11.5. The van der Waals surface area contributed by atoms with Crippen LogP contribution >= 0.6 is 0 Å². The van der Waals surface area contributed by atoms with Crippen LogP contribution in [0.3, 0.4) is 0 Å². The maximum atomic E-state index is 11.5. The van der Waals surface area contributed by atoms with E-state index in [4.69, 9.17) is 0 Å². The predicted molar refractivity (Wildman–Crippen MR) is 55.5 cm³/mol. The Hall–Kier alpha value is -0.590. The lowest BCUT2D eigenvalue weighted by Crippen LogP contribution is -2.38. The van der Waals surface area contributed by atoms with Gasteiger partial charge in [-0.1, -0.05) is 26.8 Å². The summed E-state index contributed by atoms with van der Waals surface area (Å²) in [5, 5.41) is 0. The smallest absolute Gasteiger partial charge is 0.136 e. The molecule has 0 N–H and O–H groups in total. The molecule has 2 atom stereocenters. The summed E-state index contributed by atoms with van der Waals surface area (Å²) in [4.78, 5) is 11.5. The van der Waals surface area contributed by atoms with Crippen LogP contribution < -0.4 is 0 Å². The van der Waals surface area contributed by atoms with Gasteiger partial charge >= 0.3 is 0 Å². The molecular weight excluding hydrogens is 160 g/mol. The Labute approximate surface area is 81.2 Å². The molecule has 1 aliphatic rings. The molecule has 1 aliphatic carbocycles. The van der Waals surface area contributed by atoms with Crippen molar-refractivity contribution in [2.75, 3.05) is 0 Å². The van der Waals surface area contributed by atoms with Crippen molar-refractivity contribution in [3.8, 4) is 0 Å². The van der Waals surface area contributed by atoms with E-state index >= 15 is 0 Å². The van der Waals surface area contributed by atoms with Crippen molar-refractivity contribution in [3.05, 3.63) is 12.7 Å². The highest BCUT2D eigenvalue weighted by molar-refractivity contribution is 5.82. The fraction of sp³-hybridized carbons (Fsp3) is 0.750. The molecule has 1 heteroatoms. The highest BCUT2D eigenvalue weighted by atomic mass is 16.1. The van der Waals surface area contributed by atoms with Crippen LogP contribution in [0.2, 0.25) is 0 Å². The zero-order valence-electron chi connectivity index (χ0n) is 8.97. The van der Waals surface area contributed by atoms with Crippen molar-refractivity contribution in [3.63, 3.8) is 0 Å². The molecule has 0 aromatic carbocycles. The van der Waals surface area contributed by atoms with Gasteiger partial charge in [-0.2, -0.15) is 0 Å². The first-order chi connectivity index (χ1) is 5.99. The van der Waals surface area contributed by atoms with Gasteiger partial charge in [0.1, 0.15) is 5.78 Å². The maximum Gasteiger partial charge on any atom is 0.136 e. The lowest BCUT2D eigenvalue weighted by Gasteiger charge is -2.41. The largest absolute Gasteiger partial charge is 0.299 e. The molecule has 0 aromatic rings. The van der Waals surface area contributed by atoms with Crippen LogP contribution in [0, 0.1) is 17.3 Å². The standard InChI is InChI=1S/C12H20O/c1-5-6-10-9(2)11(13)7-8-12(10,3)4/h5,9-10H,1,6-8H2,2-4H3/t9-,10-/m0/s1. The van der Waals surface area contributed by atoms with Crippen LogP contribution in [0.4, 0.5) is 0 Å². The fourth-order valence-electron chi connectivity index (χ4n) is 2.46. The van der Waals surface area contributed by atoms with Gasteiger partial charge in [0, 0.05) is 12.3 Å². The van der Waals surface area contributed by atoms with Gasteiger partial charge in [0.15, 0.2) is 0 Å². The number of allylic oxidation sites excluding steroid dienone is 1. The van der Waals surface area contributed by atoms with Gasteiger partial charge in [0.05, 0.1) is 0 Å². The first kappa shape index (κ1) is 10.5. The van der Waals surface area contributed by atoms with Gasteiger partial charge in [0.25, 0.3) is 0 Å². The van der Waals surface area contributed by atoms with Crippen molar-refractivity contribution in [2.45, 2.75) is 40.0 Å². The van der Waals surface area contributed by atoms with E-state index in [9.17, 15) is 4.79 Å². The van der Waals surface area contributed by atoms with Crippen molar-refractivity contribution in [1.82, 2.24) is 0 Å². The van der Waals surface area contributed by atoms with Gasteiger partial charge in [-0.15, -0.1) is 6.58 Å². The van der Waals surface area contributed by atoms with Crippen molar-refractivity contribution in [1.29, 1.82) is 0 Å². The molecule has 0 aliphatic heterocycles. The summed E-state index contributed by atoms with van der Waals surface area (Å²) in [6, 6.07) is 0. The van der Waals surface area contributed by atoms with Crippen LogP contribution in [0.15, 0.2) is 12.7 Å². The van der Waals surface area contributed by atoms with Crippen LogP contribution in [0.25, 0.3) is 0 Å². The molecule has 0 radical (unpaired) electrons. The van der Waals surface area contributed by atoms with Gasteiger partial charge in [-0.25, -0.2) is 0 Å². The molecule has 1 nitrogen and oxygen atoms in total. The zero-order chi connectivity index (χ0) is 10.1. The molecule has 0 saturated heterocycles. The Morgan fingerprint density at radius 3 is 2.77 bits per heavy atom. The molecule has 0 spiro atoms. The topological polar surface area (TPSA) is 17.1 Å². The fourth-order valence-corrected chi connectivity index (χ4v) is 2.46. The third kappa shape index (κ3) is 2.01. The molecule has 1 rings (SSSR count). The molecule has 1 saturated carbocycles. The summed E-state index contributed by atoms with van der Waals surface area (Å²) in [6.45, 7) is 10.4. The first-order valence-corrected chi connectivity index (χ1v) is 5.12. The second-order valence-electron chi connectivity index (χ2n) is 4.87. The molecule has 74 valence electrons. The van der Waals surface area contributed by atoms with E-state index in [-0.39, 0.29) is 5.92 Å². The summed E-state index contributed by atoms with van der Waals surface area (Å²) in [5.41, 5.74) is 0.307. The monoisotopic (exact) mass is 180 g/mol. The molecule has 0 amide bonds.